The summed E-state index contributed by atoms with van der Waals surface area (Å²) in [6.07, 6.45) is 1.05. The van der Waals surface area contributed by atoms with Gasteiger partial charge in [-0.1, -0.05) is 6.92 Å². The number of fused-ring (bicyclic) bond motifs is 1. The van der Waals surface area contributed by atoms with E-state index >= 15 is 0 Å². The second-order valence-corrected chi connectivity index (χ2v) is 5.40. The number of carbonyl (C=O) groups excluding carboxylic acids is 1. The molecule has 1 aromatic rings. The molecule has 1 atom stereocenters. The van der Waals surface area contributed by atoms with Crippen molar-refractivity contribution >= 4 is 22.4 Å². The number of rotatable bonds is 4. The van der Waals surface area contributed by atoms with Gasteiger partial charge in [-0.3, -0.25) is 5.32 Å². The van der Waals surface area contributed by atoms with Gasteiger partial charge in [-0.05, 0) is 24.5 Å². The van der Waals surface area contributed by atoms with Crippen LogP contribution in [0.5, 0.6) is 0 Å². The molecule has 1 aliphatic heterocycles. The van der Waals surface area contributed by atoms with Crippen molar-refractivity contribution in [3.05, 3.63) is 16.5 Å². The molecule has 0 saturated carbocycles. The molecular formula is C12H18N2O3S. The lowest BCUT2D eigenvalue weighted by Gasteiger charge is -2.10. The monoisotopic (exact) mass is 270 g/mol. The molecule has 1 unspecified atom stereocenters. The highest BCUT2D eigenvalue weighted by atomic mass is 32.1. The molecule has 1 aromatic heterocycles. The Morgan fingerprint density at radius 1 is 1.67 bits per heavy atom. The third-order valence-electron chi connectivity index (χ3n) is 2.85. The van der Waals surface area contributed by atoms with E-state index in [-0.39, 0.29) is 12.6 Å². The number of amides is 2. The molecule has 0 aromatic carbocycles. The van der Waals surface area contributed by atoms with Crippen LogP contribution < -0.4 is 10.6 Å². The topological polar surface area (TPSA) is 70.6 Å². The van der Waals surface area contributed by atoms with Gasteiger partial charge in [0.25, 0.3) is 0 Å². The Labute approximate surface area is 110 Å². The molecule has 2 heterocycles. The fraction of sp³-hybridized carbons (Fsp3) is 0.583. The molecule has 0 saturated heterocycles. The Morgan fingerprint density at radius 2 is 2.50 bits per heavy atom. The summed E-state index contributed by atoms with van der Waals surface area (Å²) < 4.78 is 5.36. The van der Waals surface area contributed by atoms with E-state index < -0.39 is 6.10 Å². The smallest absolute Gasteiger partial charge is 0.319 e. The summed E-state index contributed by atoms with van der Waals surface area (Å²) in [7, 11) is 0. The zero-order valence-electron chi connectivity index (χ0n) is 10.4. The number of aliphatic hydroxyl groups is 1. The van der Waals surface area contributed by atoms with Gasteiger partial charge in [-0.2, -0.15) is 0 Å². The van der Waals surface area contributed by atoms with Crippen LogP contribution in [0.25, 0.3) is 0 Å². The highest BCUT2D eigenvalue weighted by molar-refractivity contribution is 7.16. The number of carbonyl (C=O) groups is 1. The number of nitrogens with one attached hydrogen (secondary N) is 2. The molecule has 2 rings (SSSR count). The van der Waals surface area contributed by atoms with Gasteiger partial charge in [0.05, 0.1) is 24.3 Å². The van der Waals surface area contributed by atoms with Crippen LogP contribution in [0.3, 0.4) is 0 Å². The minimum absolute atomic E-state index is 0.274. The molecular weight excluding hydrogens is 252 g/mol. The first-order valence-electron chi connectivity index (χ1n) is 6.11. The van der Waals surface area contributed by atoms with Crippen molar-refractivity contribution in [1.82, 2.24) is 5.32 Å². The van der Waals surface area contributed by atoms with Crippen LogP contribution in [0, 0.1) is 0 Å². The van der Waals surface area contributed by atoms with E-state index in [1.807, 2.05) is 13.0 Å². The first kappa shape index (κ1) is 13.3. The fourth-order valence-electron chi connectivity index (χ4n) is 1.72. The number of urea groups is 1. The van der Waals surface area contributed by atoms with Crippen molar-refractivity contribution in [2.75, 3.05) is 18.5 Å². The van der Waals surface area contributed by atoms with Crippen LogP contribution in [0.2, 0.25) is 0 Å². The van der Waals surface area contributed by atoms with Crippen molar-refractivity contribution in [3.8, 4) is 0 Å². The molecule has 5 nitrogen and oxygen atoms in total. The molecule has 1 aliphatic rings. The van der Waals surface area contributed by atoms with Gasteiger partial charge in [0.1, 0.15) is 0 Å². The Morgan fingerprint density at radius 3 is 3.22 bits per heavy atom. The Bertz CT molecular complexity index is 396. The Kier molecular flexibility index (Phi) is 4.57. The van der Waals surface area contributed by atoms with Gasteiger partial charge >= 0.3 is 6.03 Å². The first-order valence-corrected chi connectivity index (χ1v) is 6.93. The molecule has 0 fully saturated rings. The maximum Gasteiger partial charge on any atom is 0.319 e. The van der Waals surface area contributed by atoms with Crippen molar-refractivity contribution in [3.63, 3.8) is 0 Å². The average molecular weight is 270 g/mol. The first-order chi connectivity index (χ1) is 8.69. The lowest BCUT2D eigenvalue weighted by Crippen LogP contribution is -2.34. The average Bonchev–Trinajstić information content (AvgIpc) is 2.77. The lowest BCUT2D eigenvalue weighted by molar-refractivity contribution is 0.113. The van der Waals surface area contributed by atoms with Crippen molar-refractivity contribution in [2.45, 2.75) is 32.5 Å². The summed E-state index contributed by atoms with van der Waals surface area (Å²) in [5, 5.41) is 15.6. The van der Waals surface area contributed by atoms with Crippen LogP contribution in [0.15, 0.2) is 6.07 Å². The minimum atomic E-state index is -0.485. The van der Waals surface area contributed by atoms with Crippen LogP contribution in [-0.2, 0) is 17.8 Å². The molecule has 6 heteroatoms. The molecule has 0 aliphatic carbocycles. The molecule has 0 bridgehead atoms. The normalized spacial score (nSPS) is 15.9. The van der Waals surface area contributed by atoms with E-state index in [1.165, 1.54) is 10.4 Å². The maximum atomic E-state index is 11.6. The van der Waals surface area contributed by atoms with E-state index in [2.05, 4.69) is 10.6 Å². The van der Waals surface area contributed by atoms with Gasteiger partial charge in [-0.15, -0.1) is 11.3 Å². The van der Waals surface area contributed by atoms with Crippen molar-refractivity contribution < 1.29 is 14.6 Å². The van der Waals surface area contributed by atoms with Crippen LogP contribution in [-0.4, -0.2) is 30.4 Å². The highest BCUT2D eigenvalue weighted by Gasteiger charge is 2.15. The van der Waals surface area contributed by atoms with E-state index in [0.29, 0.717) is 13.0 Å². The summed E-state index contributed by atoms with van der Waals surface area (Å²) in [6, 6.07) is 1.72. The number of thiophene rings is 1. The van der Waals surface area contributed by atoms with Gasteiger partial charge in [0.2, 0.25) is 0 Å². The second-order valence-electron chi connectivity index (χ2n) is 4.26. The standard InChI is InChI=1S/C12H18N2O3S/c1-2-9(15)6-13-12(16)14-11-5-8-3-4-17-7-10(8)18-11/h5,9,15H,2-4,6-7H2,1H3,(H2,13,14,16). The lowest BCUT2D eigenvalue weighted by atomic mass is 10.2. The predicted octanol–water partition coefficient (Wildman–Crippen LogP) is 1.71. The Balaban J connectivity index is 1.85. The summed E-state index contributed by atoms with van der Waals surface area (Å²) >= 11 is 1.54. The van der Waals surface area contributed by atoms with Gasteiger partial charge in [0.15, 0.2) is 0 Å². The van der Waals surface area contributed by atoms with Gasteiger partial charge in [0, 0.05) is 11.4 Å². The fourth-order valence-corrected chi connectivity index (χ4v) is 2.76. The van der Waals surface area contributed by atoms with E-state index in [1.54, 1.807) is 11.3 Å². The second kappa shape index (κ2) is 6.17. The number of hydrogen-bond acceptors (Lipinski definition) is 4. The maximum absolute atomic E-state index is 11.6. The minimum Gasteiger partial charge on any atom is -0.391 e. The molecule has 0 spiro atoms. The number of ether oxygens (including phenoxy) is 1. The summed E-state index contributed by atoms with van der Waals surface area (Å²) in [6.45, 7) is 3.53. The van der Waals surface area contributed by atoms with Crippen LogP contribution >= 0.6 is 11.3 Å². The van der Waals surface area contributed by atoms with Crippen LogP contribution in [0.4, 0.5) is 9.80 Å². The summed E-state index contributed by atoms with van der Waals surface area (Å²) in [5.41, 5.74) is 1.26. The largest absolute Gasteiger partial charge is 0.391 e. The van der Waals surface area contributed by atoms with Gasteiger partial charge < -0.3 is 15.2 Å². The summed E-state index contributed by atoms with van der Waals surface area (Å²) in [5.74, 6) is 0. The number of aliphatic hydroxyl groups excluding tert-OH is 1. The van der Waals surface area contributed by atoms with Crippen molar-refractivity contribution in [1.29, 1.82) is 0 Å². The molecule has 2 amide bonds. The van der Waals surface area contributed by atoms with E-state index in [0.717, 1.165) is 18.0 Å². The van der Waals surface area contributed by atoms with E-state index in [4.69, 9.17) is 4.74 Å². The number of hydrogen-bond donors (Lipinski definition) is 3. The molecule has 18 heavy (non-hydrogen) atoms. The third kappa shape index (κ3) is 3.44. The predicted molar refractivity (Wildman–Crippen MR) is 71.0 cm³/mol. The van der Waals surface area contributed by atoms with E-state index in [9.17, 15) is 9.90 Å². The van der Waals surface area contributed by atoms with Crippen molar-refractivity contribution in [2.24, 2.45) is 0 Å². The van der Waals surface area contributed by atoms with Crippen LogP contribution in [0.1, 0.15) is 23.8 Å². The third-order valence-corrected chi connectivity index (χ3v) is 3.92. The SMILES string of the molecule is CCC(O)CNC(=O)Nc1cc2c(s1)COCC2. The molecule has 100 valence electrons. The number of anilines is 1. The molecule has 3 N–H and O–H groups in total. The zero-order valence-corrected chi connectivity index (χ0v) is 11.2. The quantitative estimate of drug-likeness (QED) is 0.780. The van der Waals surface area contributed by atoms with Gasteiger partial charge in [-0.25, -0.2) is 4.79 Å². The molecule has 0 radical (unpaired) electrons. The summed E-state index contributed by atoms with van der Waals surface area (Å²) in [4.78, 5) is 12.8. The highest BCUT2D eigenvalue weighted by Crippen LogP contribution is 2.30. The Hall–Kier alpha value is -1.11. The zero-order chi connectivity index (χ0) is 13.0.